The van der Waals surface area contributed by atoms with E-state index in [0.29, 0.717) is 24.6 Å². The number of carbonyl (C=O) groups excluding carboxylic acids is 3. The largest absolute Gasteiger partial charge is 0.322 e. The molecule has 1 aromatic carbocycles. The minimum absolute atomic E-state index is 0.108. The molecule has 7 nitrogen and oxygen atoms in total. The van der Waals surface area contributed by atoms with E-state index in [2.05, 4.69) is 28.6 Å². The molecule has 0 aliphatic carbocycles. The van der Waals surface area contributed by atoms with Crippen LogP contribution in [0.1, 0.15) is 47.2 Å². The third-order valence-electron chi connectivity index (χ3n) is 5.92. The van der Waals surface area contributed by atoms with E-state index in [1.807, 2.05) is 12.1 Å². The lowest BCUT2D eigenvalue weighted by atomic mass is 10.0. The second-order valence-electron chi connectivity index (χ2n) is 7.81. The molecule has 3 amide bonds. The Kier molecular flexibility index (Phi) is 4.97. The van der Waals surface area contributed by atoms with Crippen LogP contribution in [0.3, 0.4) is 0 Å². The molecule has 3 heterocycles. The lowest BCUT2D eigenvalue weighted by Crippen LogP contribution is -2.52. The number of imide groups is 1. The number of benzene rings is 1. The number of rotatable bonds is 4. The lowest BCUT2D eigenvalue weighted by molar-refractivity contribution is -0.136. The summed E-state index contributed by atoms with van der Waals surface area (Å²) < 4.78 is 0. The fourth-order valence-electron chi connectivity index (χ4n) is 4.33. The van der Waals surface area contributed by atoms with Crippen molar-refractivity contribution >= 4 is 17.7 Å². The Morgan fingerprint density at radius 1 is 1.22 bits per heavy atom. The van der Waals surface area contributed by atoms with Crippen molar-refractivity contribution in [2.45, 2.75) is 50.9 Å². The van der Waals surface area contributed by atoms with E-state index < -0.39 is 6.04 Å². The van der Waals surface area contributed by atoms with Gasteiger partial charge in [0.15, 0.2) is 0 Å². The molecule has 2 fully saturated rings. The van der Waals surface area contributed by atoms with Crippen LogP contribution in [0.2, 0.25) is 0 Å². The normalized spacial score (nSPS) is 25.7. The number of likely N-dealkylation sites (N-methyl/N-ethyl adjacent to an activating group) is 1. The molecule has 0 spiro atoms. The van der Waals surface area contributed by atoms with Gasteiger partial charge in [0.25, 0.3) is 5.91 Å². The molecule has 0 aromatic heterocycles. The average molecular weight is 370 g/mol. The van der Waals surface area contributed by atoms with Gasteiger partial charge in [-0.05, 0) is 50.0 Å². The van der Waals surface area contributed by atoms with E-state index >= 15 is 0 Å². The molecular weight excluding hydrogens is 344 g/mol. The minimum atomic E-state index is -0.554. The van der Waals surface area contributed by atoms with E-state index in [9.17, 15) is 14.4 Å². The van der Waals surface area contributed by atoms with Gasteiger partial charge >= 0.3 is 0 Å². The Labute approximate surface area is 159 Å². The SMILES string of the molecule is CN(Cc1ccc2c(c1)C(=O)N(C1CCC(=O)NC1=O)C2)[C@H]1CCCNC1. The number of hydrogen-bond donors (Lipinski definition) is 2. The third-order valence-corrected chi connectivity index (χ3v) is 5.92. The predicted molar refractivity (Wildman–Crippen MR) is 99.8 cm³/mol. The smallest absolute Gasteiger partial charge is 0.255 e. The van der Waals surface area contributed by atoms with E-state index in [1.54, 1.807) is 4.90 Å². The first kappa shape index (κ1) is 18.1. The number of nitrogens with zero attached hydrogens (tertiary/aromatic N) is 2. The van der Waals surface area contributed by atoms with Crippen LogP contribution in [0, 0.1) is 0 Å². The standard InChI is InChI=1S/C20H26N4O3/c1-23(15-3-2-8-21-10-15)11-13-4-5-14-12-24(20(27)16(14)9-13)17-6-7-18(25)22-19(17)26/h4-5,9,15,17,21H,2-3,6-8,10-12H2,1H3,(H,22,25,26)/t15-,17?/m0/s1. The number of amides is 3. The highest BCUT2D eigenvalue weighted by molar-refractivity contribution is 6.05. The Morgan fingerprint density at radius 2 is 2.07 bits per heavy atom. The highest BCUT2D eigenvalue weighted by Gasteiger charge is 2.39. The molecule has 4 rings (SSSR count). The summed E-state index contributed by atoms with van der Waals surface area (Å²) in [7, 11) is 2.13. The Balaban J connectivity index is 1.46. The third kappa shape index (κ3) is 3.61. The average Bonchev–Trinajstić information content (AvgIpc) is 2.99. The fourth-order valence-corrected chi connectivity index (χ4v) is 4.33. The molecule has 0 saturated carbocycles. The summed E-state index contributed by atoms with van der Waals surface area (Å²) in [5.41, 5.74) is 2.75. The quantitative estimate of drug-likeness (QED) is 0.760. The van der Waals surface area contributed by atoms with Gasteiger partial charge in [-0.25, -0.2) is 0 Å². The predicted octanol–water partition coefficient (Wildman–Crippen LogP) is 0.631. The Hall–Kier alpha value is -2.25. The molecule has 2 atom stereocenters. The molecule has 0 bridgehead atoms. The van der Waals surface area contributed by atoms with Crippen LogP contribution >= 0.6 is 0 Å². The Bertz CT molecular complexity index is 772. The van der Waals surface area contributed by atoms with Crippen LogP contribution in [-0.4, -0.2) is 59.7 Å². The molecule has 27 heavy (non-hydrogen) atoms. The van der Waals surface area contributed by atoms with Crippen molar-refractivity contribution in [3.05, 3.63) is 34.9 Å². The zero-order chi connectivity index (χ0) is 19.0. The van der Waals surface area contributed by atoms with Gasteiger partial charge in [0.1, 0.15) is 6.04 Å². The van der Waals surface area contributed by atoms with Crippen molar-refractivity contribution in [1.82, 2.24) is 20.4 Å². The summed E-state index contributed by atoms with van der Waals surface area (Å²) >= 11 is 0. The van der Waals surface area contributed by atoms with Gasteiger partial charge in [-0.3, -0.25) is 24.6 Å². The highest BCUT2D eigenvalue weighted by atomic mass is 16.2. The second-order valence-corrected chi connectivity index (χ2v) is 7.81. The maximum atomic E-state index is 12.9. The van der Waals surface area contributed by atoms with Crippen molar-refractivity contribution < 1.29 is 14.4 Å². The van der Waals surface area contributed by atoms with E-state index in [-0.39, 0.29) is 24.1 Å². The van der Waals surface area contributed by atoms with Crippen LogP contribution in [0.5, 0.6) is 0 Å². The van der Waals surface area contributed by atoms with E-state index in [4.69, 9.17) is 0 Å². The molecule has 1 unspecified atom stereocenters. The maximum absolute atomic E-state index is 12.9. The Morgan fingerprint density at radius 3 is 2.81 bits per heavy atom. The molecule has 0 radical (unpaired) electrons. The van der Waals surface area contributed by atoms with Crippen molar-refractivity contribution in [1.29, 1.82) is 0 Å². The zero-order valence-corrected chi connectivity index (χ0v) is 15.7. The number of carbonyl (C=O) groups is 3. The monoisotopic (exact) mass is 370 g/mol. The molecule has 3 aliphatic rings. The van der Waals surface area contributed by atoms with Crippen molar-refractivity contribution in [2.75, 3.05) is 20.1 Å². The van der Waals surface area contributed by atoms with Crippen molar-refractivity contribution in [3.8, 4) is 0 Å². The number of nitrogens with one attached hydrogen (secondary N) is 2. The molecule has 3 aliphatic heterocycles. The summed E-state index contributed by atoms with van der Waals surface area (Å²) in [6.45, 7) is 3.33. The van der Waals surface area contributed by atoms with Gasteiger partial charge < -0.3 is 10.2 Å². The summed E-state index contributed by atoms with van der Waals surface area (Å²) in [5, 5.41) is 5.78. The topological polar surface area (TPSA) is 81.8 Å². The summed E-state index contributed by atoms with van der Waals surface area (Å²) in [6, 6.07) is 6.01. The van der Waals surface area contributed by atoms with E-state index in [1.165, 1.54) is 12.8 Å². The van der Waals surface area contributed by atoms with E-state index in [0.717, 1.165) is 30.8 Å². The number of hydrogen-bond acceptors (Lipinski definition) is 5. The summed E-state index contributed by atoms with van der Waals surface area (Å²) in [4.78, 5) is 40.3. The molecule has 2 saturated heterocycles. The van der Waals surface area contributed by atoms with Crippen molar-refractivity contribution in [2.24, 2.45) is 0 Å². The fraction of sp³-hybridized carbons (Fsp3) is 0.550. The number of fused-ring (bicyclic) bond motifs is 1. The van der Waals surface area contributed by atoms with Gasteiger partial charge in [0.2, 0.25) is 11.8 Å². The minimum Gasteiger partial charge on any atom is -0.322 e. The molecule has 2 N–H and O–H groups in total. The maximum Gasteiger partial charge on any atom is 0.255 e. The zero-order valence-electron chi connectivity index (χ0n) is 15.7. The van der Waals surface area contributed by atoms with Crippen LogP contribution in [-0.2, 0) is 22.7 Å². The molecule has 144 valence electrons. The van der Waals surface area contributed by atoms with Gasteiger partial charge in [-0.2, -0.15) is 0 Å². The molecule has 1 aromatic rings. The van der Waals surface area contributed by atoms with Crippen LogP contribution in [0.4, 0.5) is 0 Å². The first-order chi connectivity index (χ1) is 13.0. The first-order valence-electron chi connectivity index (χ1n) is 9.70. The van der Waals surface area contributed by atoms with Gasteiger partial charge in [-0.15, -0.1) is 0 Å². The molecular formula is C20H26N4O3. The van der Waals surface area contributed by atoms with Crippen LogP contribution in [0.25, 0.3) is 0 Å². The van der Waals surface area contributed by atoms with Crippen LogP contribution < -0.4 is 10.6 Å². The van der Waals surface area contributed by atoms with Crippen molar-refractivity contribution in [3.63, 3.8) is 0 Å². The second kappa shape index (κ2) is 7.40. The number of piperidine rings is 2. The van der Waals surface area contributed by atoms with Crippen LogP contribution in [0.15, 0.2) is 18.2 Å². The highest BCUT2D eigenvalue weighted by Crippen LogP contribution is 2.28. The molecule has 7 heteroatoms. The summed E-state index contributed by atoms with van der Waals surface area (Å²) in [6.07, 6.45) is 3.06. The first-order valence-corrected chi connectivity index (χ1v) is 9.70. The lowest BCUT2D eigenvalue weighted by Gasteiger charge is -2.31. The van der Waals surface area contributed by atoms with Gasteiger partial charge in [0, 0.05) is 37.7 Å². The summed E-state index contributed by atoms with van der Waals surface area (Å²) in [5.74, 6) is -0.733. The van der Waals surface area contributed by atoms with Gasteiger partial charge in [-0.1, -0.05) is 12.1 Å². The van der Waals surface area contributed by atoms with Gasteiger partial charge in [0.05, 0.1) is 0 Å².